The van der Waals surface area contributed by atoms with Crippen LogP contribution < -0.4 is 5.73 Å². The summed E-state index contributed by atoms with van der Waals surface area (Å²) in [5.74, 6) is 0.197. The van der Waals surface area contributed by atoms with E-state index >= 15 is 0 Å². The van der Waals surface area contributed by atoms with Gasteiger partial charge in [-0.15, -0.1) is 0 Å². The van der Waals surface area contributed by atoms with Crippen LogP contribution in [0.25, 0.3) is 5.57 Å². The maximum absolute atomic E-state index is 13.1. The van der Waals surface area contributed by atoms with Crippen LogP contribution in [-0.2, 0) is 0 Å². The largest absolute Gasteiger partial charge is 0.387 e. The number of amidine groups is 1. The van der Waals surface area contributed by atoms with Gasteiger partial charge >= 0.3 is 0 Å². The second kappa shape index (κ2) is 4.40. The van der Waals surface area contributed by atoms with Crippen LogP contribution in [0.4, 0.5) is 4.39 Å². The minimum absolute atomic E-state index is 0.100. The fourth-order valence-electron chi connectivity index (χ4n) is 2.66. The molecule has 1 aliphatic carbocycles. The molecule has 1 unspecified atom stereocenters. The maximum Gasteiger partial charge on any atom is 0.213 e. The molecule has 0 aromatic carbocycles. The molecule has 1 aromatic heterocycles. The van der Waals surface area contributed by atoms with Crippen molar-refractivity contribution in [1.82, 2.24) is 4.98 Å². The van der Waals surface area contributed by atoms with Crippen molar-refractivity contribution in [3.63, 3.8) is 0 Å². The summed E-state index contributed by atoms with van der Waals surface area (Å²) in [6.45, 7) is 4.02. The lowest BCUT2D eigenvalue weighted by Crippen LogP contribution is -2.29. The SMILES string of the molecule is Cc1cc(F)ncc1C1=CC2=CN=C(N)CC2(C)C=C1. The quantitative estimate of drug-likeness (QED) is 0.796. The third kappa shape index (κ3) is 2.07. The molecule has 0 spiro atoms. The van der Waals surface area contributed by atoms with Crippen LogP contribution >= 0.6 is 0 Å². The number of hydrogen-bond donors (Lipinski definition) is 1. The molecule has 20 heavy (non-hydrogen) atoms. The molecular weight excluding hydrogens is 253 g/mol. The van der Waals surface area contributed by atoms with E-state index < -0.39 is 5.95 Å². The summed E-state index contributed by atoms with van der Waals surface area (Å²) >= 11 is 0. The van der Waals surface area contributed by atoms with Crippen LogP contribution in [0.15, 0.2) is 47.3 Å². The van der Waals surface area contributed by atoms with Crippen molar-refractivity contribution < 1.29 is 4.39 Å². The Morgan fingerprint density at radius 3 is 2.95 bits per heavy atom. The first-order valence-electron chi connectivity index (χ1n) is 6.54. The fraction of sp³-hybridized carbons (Fsp3) is 0.250. The second-order valence-electron chi connectivity index (χ2n) is 5.55. The molecule has 2 N–H and O–H groups in total. The molecule has 0 bridgehead atoms. The molecule has 0 amide bonds. The molecule has 0 fully saturated rings. The maximum atomic E-state index is 13.1. The number of halogens is 1. The Balaban J connectivity index is 2.05. The summed E-state index contributed by atoms with van der Waals surface area (Å²) in [5, 5.41) is 0. The van der Waals surface area contributed by atoms with Gasteiger partial charge in [0.15, 0.2) is 0 Å². The standard InChI is InChI=1S/C16H16FN3/c1-10-5-14(17)19-9-13(10)11-3-4-16(2)7-15(18)20-8-12(16)6-11/h3-6,8-9H,7H2,1-2H3,(H2,18,20). The Labute approximate surface area is 117 Å². The summed E-state index contributed by atoms with van der Waals surface area (Å²) in [7, 11) is 0. The van der Waals surface area contributed by atoms with Gasteiger partial charge in [-0.2, -0.15) is 4.39 Å². The highest BCUT2D eigenvalue weighted by molar-refractivity contribution is 5.86. The van der Waals surface area contributed by atoms with E-state index in [9.17, 15) is 4.39 Å². The van der Waals surface area contributed by atoms with Gasteiger partial charge in [0.2, 0.25) is 5.95 Å². The predicted molar refractivity (Wildman–Crippen MR) is 78.5 cm³/mol. The first-order valence-corrected chi connectivity index (χ1v) is 6.54. The molecular formula is C16H16FN3. The summed E-state index contributed by atoms with van der Waals surface area (Å²) in [6.07, 6.45) is 10.4. The monoisotopic (exact) mass is 269 g/mol. The zero-order valence-corrected chi connectivity index (χ0v) is 11.5. The number of pyridine rings is 1. The molecule has 3 rings (SSSR count). The van der Waals surface area contributed by atoms with Crippen LogP contribution in [0.5, 0.6) is 0 Å². The zero-order valence-electron chi connectivity index (χ0n) is 11.5. The number of rotatable bonds is 1. The number of allylic oxidation sites excluding steroid dienone is 5. The van der Waals surface area contributed by atoms with Gasteiger partial charge in [0.25, 0.3) is 0 Å². The zero-order chi connectivity index (χ0) is 14.3. The Hall–Kier alpha value is -2.23. The van der Waals surface area contributed by atoms with Crippen molar-refractivity contribution in [2.24, 2.45) is 16.1 Å². The van der Waals surface area contributed by atoms with Crippen molar-refractivity contribution in [3.8, 4) is 0 Å². The van der Waals surface area contributed by atoms with Crippen molar-refractivity contribution >= 4 is 11.4 Å². The molecule has 4 heteroatoms. The van der Waals surface area contributed by atoms with E-state index in [1.165, 1.54) is 6.07 Å². The van der Waals surface area contributed by atoms with E-state index in [0.717, 1.165) is 28.7 Å². The molecule has 0 radical (unpaired) electrons. The average Bonchev–Trinajstić information content (AvgIpc) is 2.38. The summed E-state index contributed by atoms with van der Waals surface area (Å²) in [5.41, 5.74) is 9.66. The Morgan fingerprint density at radius 2 is 2.20 bits per heavy atom. The Morgan fingerprint density at radius 1 is 1.40 bits per heavy atom. The number of aromatic nitrogens is 1. The van der Waals surface area contributed by atoms with Gasteiger partial charge in [-0.3, -0.25) is 0 Å². The van der Waals surface area contributed by atoms with E-state index in [1.54, 1.807) is 6.20 Å². The second-order valence-corrected chi connectivity index (χ2v) is 5.55. The lowest BCUT2D eigenvalue weighted by Gasteiger charge is -2.32. The number of nitrogens with zero attached hydrogens (tertiary/aromatic N) is 2. The van der Waals surface area contributed by atoms with E-state index in [2.05, 4.69) is 35.1 Å². The first-order chi connectivity index (χ1) is 9.48. The van der Waals surface area contributed by atoms with E-state index in [1.807, 2.05) is 13.1 Å². The lowest BCUT2D eigenvalue weighted by molar-refractivity contribution is 0.538. The van der Waals surface area contributed by atoms with Gasteiger partial charge in [-0.05, 0) is 35.8 Å². The lowest BCUT2D eigenvalue weighted by atomic mass is 9.73. The van der Waals surface area contributed by atoms with Crippen LogP contribution in [0, 0.1) is 18.3 Å². The smallest absolute Gasteiger partial charge is 0.213 e. The van der Waals surface area contributed by atoms with Crippen LogP contribution in [0.3, 0.4) is 0 Å². The normalized spacial score (nSPS) is 24.6. The number of nitrogens with two attached hydrogens (primary N) is 1. The average molecular weight is 269 g/mol. The predicted octanol–water partition coefficient (Wildman–Crippen LogP) is 3.13. The topological polar surface area (TPSA) is 51.3 Å². The summed E-state index contributed by atoms with van der Waals surface area (Å²) in [4.78, 5) is 7.94. The van der Waals surface area contributed by atoms with Gasteiger partial charge in [0, 0.05) is 29.8 Å². The first kappa shape index (κ1) is 12.8. The highest BCUT2D eigenvalue weighted by atomic mass is 19.1. The van der Waals surface area contributed by atoms with E-state index in [4.69, 9.17) is 5.73 Å². The van der Waals surface area contributed by atoms with Crippen LogP contribution in [-0.4, -0.2) is 10.8 Å². The highest BCUT2D eigenvalue weighted by Gasteiger charge is 2.31. The summed E-state index contributed by atoms with van der Waals surface area (Å²) in [6, 6.07) is 1.45. The van der Waals surface area contributed by atoms with Crippen LogP contribution in [0.1, 0.15) is 24.5 Å². The molecule has 3 nitrogen and oxygen atoms in total. The Kier molecular flexibility index (Phi) is 2.82. The molecule has 1 aliphatic heterocycles. The van der Waals surface area contributed by atoms with Crippen molar-refractivity contribution in [2.45, 2.75) is 20.3 Å². The number of aliphatic imine (C=N–C) groups is 1. The minimum Gasteiger partial charge on any atom is -0.387 e. The molecule has 2 heterocycles. The molecule has 0 saturated carbocycles. The summed E-state index contributed by atoms with van der Waals surface area (Å²) < 4.78 is 13.1. The molecule has 0 saturated heterocycles. The van der Waals surface area contributed by atoms with Gasteiger partial charge in [0.05, 0.1) is 0 Å². The molecule has 102 valence electrons. The van der Waals surface area contributed by atoms with E-state index in [0.29, 0.717) is 5.84 Å². The van der Waals surface area contributed by atoms with Gasteiger partial charge in [-0.25, -0.2) is 9.98 Å². The number of aryl methyl sites for hydroxylation is 1. The van der Waals surface area contributed by atoms with Gasteiger partial charge in [-0.1, -0.05) is 19.1 Å². The van der Waals surface area contributed by atoms with Crippen molar-refractivity contribution in [3.05, 3.63) is 59.3 Å². The fourth-order valence-corrected chi connectivity index (χ4v) is 2.66. The van der Waals surface area contributed by atoms with Crippen LogP contribution in [0.2, 0.25) is 0 Å². The third-order valence-corrected chi connectivity index (χ3v) is 3.91. The number of hydrogen-bond acceptors (Lipinski definition) is 3. The minimum atomic E-state index is -0.453. The Bertz CT molecular complexity index is 698. The van der Waals surface area contributed by atoms with Gasteiger partial charge < -0.3 is 5.73 Å². The highest BCUT2D eigenvalue weighted by Crippen LogP contribution is 2.41. The molecule has 2 aliphatic rings. The molecule has 1 atom stereocenters. The van der Waals surface area contributed by atoms with E-state index in [-0.39, 0.29) is 5.41 Å². The number of fused-ring (bicyclic) bond motifs is 1. The van der Waals surface area contributed by atoms with Crippen molar-refractivity contribution in [2.75, 3.05) is 0 Å². The van der Waals surface area contributed by atoms with Gasteiger partial charge in [0.1, 0.15) is 5.84 Å². The molecule has 1 aromatic rings. The van der Waals surface area contributed by atoms with Crippen molar-refractivity contribution in [1.29, 1.82) is 0 Å². The third-order valence-electron chi connectivity index (χ3n) is 3.91.